The first kappa shape index (κ1) is 37.9. The van der Waals surface area contributed by atoms with Gasteiger partial charge in [-0.2, -0.15) is 0 Å². The molecule has 4 aromatic carbocycles. The molecular formula is C44H50N4O7. The maximum atomic E-state index is 13.2. The molecule has 1 amide bonds. The topological polar surface area (TPSA) is 145 Å². The largest absolute Gasteiger partial charge is 0.506 e. The Kier molecular flexibility index (Phi) is 12.6. The molecule has 5 aromatic rings. The Balaban J connectivity index is 0.847. The van der Waals surface area contributed by atoms with Crippen molar-refractivity contribution in [3.63, 3.8) is 0 Å². The molecular weight excluding hydrogens is 697 g/mol. The van der Waals surface area contributed by atoms with Gasteiger partial charge in [0.1, 0.15) is 30.0 Å². The van der Waals surface area contributed by atoms with Gasteiger partial charge in [0.25, 0.3) is 0 Å². The number of amides is 1. The highest BCUT2D eigenvalue weighted by molar-refractivity contribution is 5.87. The Bertz CT molecular complexity index is 2080. The number of aliphatic hydroxyl groups is 1. The lowest BCUT2D eigenvalue weighted by molar-refractivity contribution is -0.0336. The van der Waals surface area contributed by atoms with Crippen molar-refractivity contribution in [2.75, 3.05) is 39.3 Å². The second kappa shape index (κ2) is 18.3. The summed E-state index contributed by atoms with van der Waals surface area (Å²) in [5.74, 6) is 1.90. The molecule has 3 aliphatic rings. The number of benzene rings is 4. The van der Waals surface area contributed by atoms with Crippen LogP contribution in [0.25, 0.3) is 10.9 Å². The molecule has 11 nitrogen and oxygen atoms in total. The van der Waals surface area contributed by atoms with Gasteiger partial charge in [0, 0.05) is 24.5 Å². The summed E-state index contributed by atoms with van der Waals surface area (Å²) in [7, 11) is 0. The third-order valence-corrected chi connectivity index (χ3v) is 10.6. The van der Waals surface area contributed by atoms with Gasteiger partial charge >= 0.3 is 6.09 Å². The van der Waals surface area contributed by atoms with E-state index in [4.69, 9.17) is 14.2 Å². The third kappa shape index (κ3) is 10.0. The number of hydrogen-bond acceptors (Lipinski definition) is 9. The van der Waals surface area contributed by atoms with Crippen LogP contribution in [0.1, 0.15) is 66.5 Å². The van der Waals surface area contributed by atoms with E-state index in [1.807, 2.05) is 78.9 Å². The van der Waals surface area contributed by atoms with Crippen LogP contribution in [0.15, 0.2) is 108 Å². The standard InChI is InChI=1S/C44H50N4O7/c49-38-17-15-36(37-16-18-41(51)46-43(37)38)39(50)27-45-21-5-2-6-24-53-34-13-7-9-30(25-34)29-54-35-14-8-12-33(26-35)42(32-10-3-1-4-11-32)47-44(52)55-40-28-48-22-19-31(40)20-23-48/h1,3-4,7-18,25-26,31,39-40,42,45,49-50H,2,5-6,19-24,27-29H2,(H,46,51)(H,47,52)/t39-,40-,42?/m0/s1. The average Bonchev–Trinajstić information content (AvgIpc) is 3.21. The third-order valence-electron chi connectivity index (χ3n) is 10.6. The van der Waals surface area contributed by atoms with E-state index >= 15 is 0 Å². The lowest BCUT2D eigenvalue weighted by Gasteiger charge is -2.43. The van der Waals surface area contributed by atoms with E-state index in [0.717, 1.165) is 80.7 Å². The number of alkyl carbamates (subject to hydrolysis) is 1. The predicted octanol–water partition coefficient (Wildman–Crippen LogP) is 6.59. The van der Waals surface area contributed by atoms with Crippen molar-refractivity contribution in [1.82, 2.24) is 20.5 Å². The number of aliphatic hydroxyl groups excluding tert-OH is 1. The van der Waals surface area contributed by atoms with Crippen LogP contribution >= 0.6 is 0 Å². The first-order chi connectivity index (χ1) is 26.9. The summed E-state index contributed by atoms with van der Waals surface area (Å²) in [6, 6.07) is 31.5. The number of carbonyl (C=O) groups excluding carboxylic acids is 1. The number of piperidine rings is 3. The van der Waals surface area contributed by atoms with E-state index in [1.54, 1.807) is 12.1 Å². The van der Waals surface area contributed by atoms with Crippen LogP contribution in [0, 0.1) is 5.92 Å². The highest BCUT2D eigenvalue weighted by Crippen LogP contribution is 2.31. The fourth-order valence-electron chi connectivity index (χ4n) is 7.63. The number of aromatic nitrogens is 1. The Labute approximate surface area is 321 Å². The monoisotopic (exact) mass is 746 g/mol. The van der Waals surface area contributed by atoms with Crippen molar-refractivity contribution in [3.05, 3.63) is 136 Å². The highest BCUT2D eigenvalue weighted by atomic mass is 16.6. The van der Waals surface area contributed by atoms with Gasteiger partial charge in [-0.25, -0.2) is 4.79 Å². The number of aromatic amines is 1. The summed E-state index contributed by atoms with van der Waals surface area (Å²) >= 11 is 0. The molecule has 3 atom stereocenters. The van der Waals surface area contributed by atoms with Crippen LogP contribution in [0.2, 0.25) is 0 Å². The van der Waals surface area contributed by atoms with E-state index < -0.39 is 18.2 Å². The first-order valence-corrected chi connectivity index (χ1v) is 19.3. The quantitative estimate of drug-likeness (QED) is 0.0666. The summed E-state index contributed by atoms with van der Waals surface area (Å²) in [5.41, 5.74) is 3.52. The molecule has 0 spiro atoms. The minimum atomic E-state index is -0.781. The van der Waals surface area contributed by atoms with Gasteiger partial charge in [-0.15, -0.1) is 0 Å². The number of nitrogens with zero attached hydrogens (tertiary/aromatic N) is 1. The Morgan fingerprint density at radius 1 is 0.855 bits per heavy atom. The number of nitrogens with one attached hydrogen (secondary N) is 3. The molecule has 0 radical (unpaired) electrons. The van der Waals surface area contributed by atoms with Gasteiger partial charge in [0.05, 0.1) is 24.3 Å². The average molecular weight is 747 g/mol. The normalized spacial score (nSPS) is 18.7. The Morgan fingerprint density at radius 2 is 1.64 bits per heavy atom. The predicted molar refractivity (Wildman–Crippen MR) is 211 cm³/mol. The number of phenols is 1. The van der Waals surface area contributed by atoms with Crippen molar-refractivity contribution >= 4 is 17.0 Å². The lowest BCUT2D eigenvalue weighted by Crippen LogP contribution is -2.52. The fourth-order valence-corrected chi connectivity index (χ4v) is 7.63. The number of phenolic OH excluding ortho intramolecular Hbond substituents is 1. The van der Waals surface area contributed by atoms with E-state index in [-0.39, 0.29) is 17.4 Å². The maximum Gasteiger partial charge on any atom is 0.408 e. The summed E-state index contributed by atoms with van der Waals surface area (Å²) in [6.07, 6.45) is 3.68. The zero-order valence-corrected chi connectivity index (χ0v) is 31.0. The van der Waals surface area contributed by atoms with Gasteiger partial charge in [-0.05, 0) is 116 Å². The highest BCUT2D eigenvalue weighted by Gasteiger charge is 2.37. The molecule has 8 rings (SSSR count). The molecule has 0 aliphatic carbocycles. The van der Waals surface area contributed by atoms with Crippen LogP contribution in [0.3, 0.4) is 0 Å². The van der Waals surface area contributed by atoms with E-state index in [1.165, 1.54) is 12.1 Å². The number of aromatic hydroxyl groups is 1. The molecule has 2 bridgehead atoms. The van der Waals surface area contributed by atoms with Gasteiger partial charge < -0.3 is 40.0 Å². The van der Waals surface area contributed by atoms with Crippen LogP contribution in [-0.2, 0) is 11.3 Å². The summed E-state index contributed by atoms with van der Waals surface area (Å²) in [5, 5.41) is 27.9. The molecule has 3 saturated heterocycles. The number of H-pyrrole nitrogens is 1. The van der Waals surface area contributed by atoms with Crippen molar-refractivity contribution in [3.8, 4) is 17.2 Å². The number of rotatable bonds is 17. The molecule has 288 valence electrons. The summed E-state index contributed by atoms with van der Waals surface area (Å²) < 4.78 is 18.3. The summed E-state index contributed by atoms with van der Waals surface area (Å²) in [6.45, 7) is 5.03. The number of unbranched alkanes of at least 4 members (excludes halogenated alkanes) is 2. The number of fused-ring (bicyclic) bond motifs is 4. The smallest absolute Gasteiger partial charge is 0.408 e. The minimum Gasteiger partial charge on any atom is -0.506 e. The minimum absolute atomic E-state index is 0.0256. The number of hydrogen-bond donors (Lipinski definition) is 5. The number of carbonyl (C=O) groups is 1. The molecule has 1 unspecified atom stereocenters. The van der Waals surface area contributed by atoms with Crippen molar-refractivity contribution in [2.24, 2.45) is 5.92 Å². The van der Waals surface area contributed by atoms with Crippen molar-refractivity contribution in [2.45, 2.75) is 57.0 Å². The molecule has 3 aliphatic heterocycles. The van der Waals surface area contributed by atoms with Crippen molar-refractivity contribution in [1.29, 1.82) is 0 Å². The van der Waals surface area contributed by atoms with Gasteiger partial charge in [-0.1, -0.05) is 60.7 Å². The lowest BCUT2D eigenvalue weighted by atomic mass is 9.86. The van der Waals surface area contributed by atoms with Crippen LogP contribution < -0.4 is 25.7 Å². The van der Waals surface area contributed by atoms with Gasteiger partial charge in [0.15, 0.2) is 0 Å². The second-order valence-corrected chi connectivity index (χ2v) is 14.5. The van der Waals surface area contributed by atoms with Crippen LogP contribution in [-0.4, -0.2) is 71.6 Å². The van der Waals surface area contributed by atoms with Crippen LogP contribution in [0.4, 0.5) is 4.79 Å². The second-order valence-electron chi connectivity index (χ2n) is 14.5. The molecule has 5 N–H and O–H groups in total. The van der Waals surface area contributed by atoms with Crippen LogP contribution in [0.5, 0.6) is 17.2 Å². The molecule has 4 heterocycles. The van der Waals surface area contributed by atoms with Gasteiger partial charge in [0.2, 0.25) is 5.56 Å². The molecule has 55 heavy (non-hydrogen) atoms. The number of ether oxygens (including phenoxy) is 3. The van der Waals surface area contributed by atoms with E-state index in [2.05, 4.69) is 20.5 Å². The van der Waals surface area contributed by atoms with E-state index in [9.17, 15) is 19.8 Å². The van der Waals surface area contributed by atoms with Gasteiger partial charge in [-0.3, -0.25) is 9.69 Å². The Hall–Kier alpha value is -5.36. The maximum absolute atomic E-state index is 13.2. The summed E-state index contributed by atoms with van der Waals surface area (Å²) in [4.78, 5) is 29.9. The fraction of sp³-hybridized carbons (Fsp3) is 0.364. The first-order valence-electron chi connectivity index (χ1n) is 19.3. The molecule has 0 saturated carbocycles. The number of pyridine rings is 1. The zero-order valence-electron chi connectivity index (χ0n) is 31.0. The van der Waals surface area contributed by atoms with Crippen molar-refractivity contribution < 1.29 is 29.2 Å². The zero-order chi connectivity index (χ0) is 38.0. The molecule has 3 fully saturated rings. The Morgan fingerprint density at radius 3 is 2.44 bits per heavy atom. The van der Waals surface area contributed by atoms with E-state index in [0.29, 0.717) is 47.9 Å². The SMILES string of the molecule is O=C(NC(c1ccccc1)c1cccc(OCc2cccc(OCCCCCNC[C@H](O)c3ccc(O)c4[nH]c(=O)ccc34)c2)c1)O[C@H]1CN2CCC1CC2. The molecule has 1 aromatic heterocycles. The molecule has 11 heteroatoms.